The minimum absolute atomic E-state index is 0.0107. The lowest BCUT2D eigenvalue weighted by molar-refractivity contribution is -0.133. The number of carbonyl (C=O) groups excluding carboxylic acids is 2. The number of likely N-dealkylation sites (N-methyl/N-ethyl adjacent to an activating group) is 1. The van der Waals surface area contributed by atoms with Crippen molar-refractivity contribution in [2.45, 2.75) is 19.5 Å². The number of hydrogen-bond acceptors (Lipinski definition) is 2. The molecule has 4 heteroatoms. The van der Waals surface area contributed by atoms with Gasteiger partial charge in [-0.05, 0) is 5.56 Å². The highest BCUT2D eigenvalue weighted by molar-refractivity contribution is 5.88. The maximum absolute atomic E-state index is 11.8. The first-order chi connectivity index (χ1) is 8.15. The molecule has 1 aliphatic heterocycles. The van der Waals surface area contributed by atoms with Crippen LogP contribution in [0.15, 0.2) is 30.3 Å². The van der Waals surface area contributed by atoms with E-state index in [-0.39, 0.29) is 24.5 Å². The van der Waals surface area contributed by atoms with Gasteiger partial charge in [0.2, 0.25) is 11.8 Å². The van der Waals surface area contributed by atoms with Crippen LogP contribution in [0.2, 0.25) is 0 Å². The fourth-order valence-corrected chi connectivity index (χ4v) is 2.15. The second kappa shape index (κ2) is 4.57. The van der Waals surface area contributed by atoms with Gasteiger partial charge in [0.25, 0.3) is 0 Å². The minimum atomic E-state index is -0.254. The average Bonchev–Trinajstić information content (AvgIpc) is 2.66. The summed E-state index contributed by atoms with van der Waals surface area (Å²) >= 11 is 0. The summed E-state index contributed by atoms with van der Waals surface area (Å²) in [5, 5.41) is 0. The molecular weight excluding hydrogens is 216 g/mol. The third kappa shape index (κ3) is 2.02. The van der Waals surface area contributed by atoms with Crippen molar-refractivity contribution in [3.05, 3.63) is 35.9 Å². The van der Waals surface area contributed by atoms with E-state index in [1.807, 2.05) is 37.3 Å². The van der Waals surface area contributed by atoms with Gasteiger partial charge in [-0.1, -0.05) is 37.3 Å². The van der Waals surface area contributed by atoms with Crippen molar-refractivity contribution < 1.29 is 9.59 Å². The predicted molar refractivity (Wildman–Crippen MR) is 64.0 cm³/mol. The van der Waals surface area contributed by atoms with Crippen molar-refractivity contribution in [1.29, 1.82) is 0 Å². The first-order valence-corrected chi connectivity index (χ1v) is 5.75. The van der Waals surface area contributed by atoms with E-state index in [4.69, 9.17) is 0 Å². The fraction of sp³-hybridized carbons (Fsp3) is 0.385. The molecule has 4 nitrogen and oxygen atoms in total. The van der Waals surface area contributed by atoms with E-state index in [1.165, 1.54) is 0 Å². The van der Waals surface area contributed by atoms with Crippen molar-refractivity contribution in [2.75, 3.05) is 13.6 Å². The van der Waals surface area contributed by atoms with Crippen LogP contribution >= 0.6 is 0 Å². The van der Waals surface area contributed by atoms with Gasteiger partial charge in [-0.15, -0.1) is 0 Å². The van der Waals surface area contributed by atoms with Gasteiger partial charge >= 0.3 is 0 Å². The van der Waals surface area contributed by atoms with Crippen LogP contribution in [0.25, 0.3) is 0 Å². The molecule has 0 N–H and O–H groups in total. The number of rotatable bonds is 2. The molecule has 1 aliphatic rings. The van der Waals surface area contributed by atoms with Crippen molar-refractivity contribution in [3.8, 4) is 0 Å². The van der Waals surface area contributed by atoms with Gasteiger partial charge < -0.3 is 9.80 Å². The van der Waals surface area contributed by atoms with Gasteiger partial charge in [0.1, 0.15) is 12.7 Å². The maximum Gasteiger partial charge on any atom is 0.243 e. The van der Waals surface area contributed by atoms with Gasteiger partial charge in [0.05, 0.1) is 0 Å². The molecule has 1 heterocycles. The smallest absolute Gasteiger partial charge is 0.243 e. The molecular formula is C13H16N2O2. The van der Waals surface area contributed by atoms with Crippen LogP contribution in [-0.4, -0.2) is 35.2 Å². The first kappa shape index (κ1) is 11.6. The molecule has 1 unspecified atom stereocenters. The molecule has 0 saturated carbocycles. The topological polar surface area (TPSA) is 40.6 Å². The van der Waals surface area contributed by atoms with E-state index in [0.717, 1.165) is 5.56 Å². The molecule has 0 radical (unpaired) electrons. The molecule has 0 bridgehead atoms. The van der Waals surface area contributed by atoms with Crippen LogP contribution in [0.5, 0.6) is 0 Å². The lowest BCUT2D eigenvalue weighted by atomic mass is 10.1. The van der Waals surface area contributed by atoms with Crippen LogP contribution in [-0.2, 0) is 9.59 Å². The normalized spacial score (nSPS) is 19.9. The van der Waals surface area contributed by atoms with Gasteiger partial charge in [0, 0.05) is 13.5 Å². The monoisotopic (exact) mass is 232 g/mol. The highest BCUT2D eigenvalue weighted by atomic mass is 16.2. The van der Waals surface area contributed by atoms with E-state index in [9.17, 15) is 9.59 Å². The van der Waals surface area contributed by atoms with Crippen molar-refractivity contribution in [3.63, 3.8) is 0 Å². The summed E-state index contributed by atoms with van der Waals surface area (Å²) in [5.41, 5.74) is 0.975. The SMILES string of the molecule is CCC(=O)N1CC(=O)N(C)C1c1ccccc1. The maximum atomic E-state index is 11.8. The van der Waals surface area contributed by atoms with Gasteiger partial charge in [-0.2, -0.15) is 0 Å². The summed E-state index contributed by atoms with van der Waals surface area (Å²) in [6.07, 6.45) is 0.168. The molecule has 1 fully saturated rings. The Kier molecular flexibility index (Phi) is 3.13. The van der Waals surface area contributed by atoms with E-state index < -0.39 is 0 Å². The molecule has 0 aromatic heterocycles. The lowest BCUT2D eigenvalue weighted by Crippen LogP contribution is -2.33. The second-order valence-electron chi connectivity index (χ2n) is 4.16. The third-order valence-electron chi connectivity index (χ3n) is 3.08. The summed E-state index contributed by atoms with van der Waals surface area (Å²) in [5.74, 6) is -0.00259. The quantitative estimate of drug-likeness (QED) is 0.773. The second-order valence-corrected chi connectivity index (χ2v) is 4.16. The van der Waals surface area contributed by atoms with E-state index >= 15 is 0 Å². The number of amides is 2. The summed E-state index contributed by atoms with van der Waals surface area (Å²) in [6, 6.07) is 9.64. The van der Waals surface area contributed by atoms with E-state index in [2.05, 4.69) is 0 Å². The highest BCUT2D eigenvalue weighted by Crippen LogP contribution is 2.29. The van der Waals surface area contributed by atoms with Crippen LogP contribution in [0.4, 0.5) is 0 Å². The van der Waals surface area contributed by atoms with Gasteiger partial charge in [-0.3, -0.25) is 9.59 Å². The van der Waals surface area contributed by atoms with Gasteiger partial charge in [-0.25, -0.2) is 0 Å². The lowest BCUT2D eigenvalue weighted by Gasteiger charge is -2.27. The Labute approximate surface area is 101 Å². The standard InChI is InChI=1S/C13H16N2O2/c1-3-11(16)15-9-12(17)14(2)13(15)10-7-5-4-6-8-10/h4-8,13H,3,9H2,1-2H3. The molecule has 0 spiro atoms. The highest BCUT2D eigenvalue weighted by Gasteiger charge is 2.38. The summed E-state index contributed by atoms with van der Waals surface area (Å²) < 4.78 is 0. The van der Waals surface area contributed by atoms with Crippen LogP contribution in [0, 0.1) is 0 Å². The number of hydrogen-bond donors (Lipinski definition) is 0. The molecule has 0 aliphatic carbocycles. The number of carbonyl (C=O) groups is 2. The van der Waals surface area contributed by atoms with Crippen LogP contribution in [0.1, 0.15) is 25.1 Å². The third-order valence-corrected chi connectivity index (χ3v) is 3.08. The predicted octanol–water partition coefficient (Wildman–Crippen LogP) is 1.40. The Morgan fingerprint density at radius 3 is 2.59 bits per heavy atom. The average molecular weight is 232 g/mol. The van der Waals surface area contributed by atoms with Crippen LogP contribution in [0.3, 0.4) is 0 Å². The summed E-state index contributed by atoms with van der Waals surface area (Å²) in [4.78, 5) is 26.8. The number of benzene rings is 1. The Morgan fingerprint density at radius 2 is 2.00 bits per heavy atom. The molecule has 2 amide bonds. The molecule has 1 atom stereocenters. The zero-order valence-electron chi connectivity index (χ0n) is 10.1. The van der Waals surface area contributed by atoms with E-state index in [0.29, 0.717) is 6.42 Å². The molecule has 1 saturated heterocycles. The van der Waals surface area contributed by atoms with Crippen LogP contribution < -0.4 is 0 Å². The zero-order valence-corrected chi connectivity index (χ0v) is 10.1. The van der Waals surface area contributed by atoms with Crippen molar-refractivity contribution in [2.24, 2.45) is 0 Å². The van der Waals surface area contributed by atoms with Crippen molar-refractivity contribution in [1.82, 2.24) is 9.80 Å². The Hall–Kier alpha value is -1.84. The van der Waals surface area contributed by atoms with Crippen molar-refractivity contribution >= 4 is 11.8 Å². The molecule has 1 aromatic rings. The molecule has 1 aromatic carbocycles. The number of nitrogens with zero attached hydrogens (tertiary/aromatic N) is 2. The summed E-state index contributed by atoms with van der Waals surface area (Å²) in [7, 11) is 1.74. The van der Waals surface area contributed by atoms with E-state index in [1.54, 1.807) is 16.8 Å². The fourth-order valence-electron chi connectivity index (χ4n) is 2.15. The minimum Gasteiger partial charge on any atom is -0.320 e. The molecule has 2 rings (SSSR count). The Balaban J connectivity index is 2.34. The zero-order chi connectivity index (χ0) is 12.4. The van der Waals surface area contributed by atoms with Gasteiger partial charge in [0.15, 0.2) is 0 Å². The molecule has 17 heavy (non-hydrogen) atoms. The molecule has 90 valence electrons. The largest absolute Gasteiger partial charge is 0.320 e. The first-order valence-electron chi connectivity index (χ1n) is 5.75. The Bertz CT molecular complexity index is 430. The Morgan fingerprint density at radius 1 is 1.35 bits per heavy atom. The summed E-state index contributed by atoms with van der Waals surface area (Å²) in [6.45, 7) is 2.00.